The molecule has 1 aliphatic rings. The maximum Gasteiger partial charge on any atom is 0.152 e. The van der Waals surface area contributed by atoms with Gasteiger partial charge in [0.2, 0.25) is 0 Å². The van der Waals surface area contributed by atoms with Crippen LogP contribution in [0.3, 0.4) is 0 Å². The highest BCUT2D eigenvalue weighted by Gasteiger charge is 2.33. The van der Waals surface area contributed by atoms with Gasteiger partial charge < -0.3 is 5.32 Å². The summed E-state index contributed by atoms with van der Waals surface area (Å²) in [5.41, 5.74) is 0. The SMILES string of the molecule is CCC(C)CS(=O)(=O)CC(NC)C1CC1. The fraction of sp³-hybridized carbons (Fsp3) is 1.00. The zero-order chi connectivity index (χ0) is 11.5. The average molecular weight is 233 g/mol. The molecule has 0 bridgehead atoms. The summed E-state index contributed by atoms with van der Waals surface area (Å²) in [6, 6.07) is 0.180. The molecular weight excluding hydrogens is 210 g/mol. The molecule has 0 aromatic heterocycles. The van der Waals surface area contributed by atoms with Crippen LogP contribution in [-0.4, -0.2) is 33.0 Å². The molecule has 0 amide bonds. The van der Waals surface area contributed by atoms with Gasteiger partial charge >= 0.3 is 0 Å². The highest BCUT2D eigenvalue weighted by atomic mass is 32.2. The van der Waals surface area contributed by atoms with Crippen molar-refractivity contribution in [2.75, 3.05) is 18.6 Å². The van der Waals surface area contributed by atoms with E-state index in [1.165, 1.54) is 12.8 Å². The summed E-state index contributed by atoms with van der Waals surface area (Å²) in [7, 11) is -1.01. The largest absolute Gasteiger partial charge is 0.316 e. The van der Waals surface area contributed by atoms with Crippen molar-refractivity contribution < 1.29 is 8.42 Å². The van der Waals surface area contributed by atoms with Crippen LogP contribution >= 0.6 is 0 Å². The van der Waals surface area contributed by atoms with Gasteiger partial charge in [0.25, 0.3) is 0 Å². The third kappa shape index (κ3) is 4.51. The van der Waals surface area contributed by atoms with Gasteiger partial charge in [0, 0.05) is 6.04 Å². The molecule has 2 atom stereocenters. The van der Waals surface area contributed by atoms with Crippen LogP contribution in [0.25, 0.3) is 0 Å². The van der Waals surface area contributed by atoms with Crippen LogP contribution in [0.5, 0.6) is 0 Å². The van der Waals surface area contributed by atoms with Crippen LogP contribution in [0.4, 0.5) is 0 Å². The van der Waals surface area contributed by atoms with Gasteiger partial charge in [0.15, 0.2) is 9.84 Å². The van der Waals surface area contributed by atoms with E-state index < -0.39 is 9.84 Å². The van der Waals surface area contributed by atoms with E-state index >= 15 is 0 Å². The number of hydrogen-bond acceptors (Lipinski definition) is 3. The average Bonchev–Trinajstić information content (AvgIpc) is 2.96. The lowest BCUT2D eigenvalue weighted by Crippen LogP contribution is -2.36. The molecule has 0 heterocycles. The Labute approximate surface area is 93.6 Å². The topological polar surface area (TPSA) is 46.2 Å². The van der Waals surface area contributed by atoms with Gasteiger partial charge in [-0.1, -0.05) is 20.3 Å². The van der Waals surface area contributed by atoms with Crippen molar-refractivity contribution in [2.24, 2.45) is 11.8 Å². The minimum Gasteiger partial charge on any atom is -0.316 e. The van der Waals surface area contributed by atoms with E-state index in [1.54, 1.807) is 0 Å². The first-order chi connectivity index (χ1) is 6.98. The molecule has 1 N–H and O–H groups in total. The second-order valence-electron chi connectivity index (χ2n) is 4.82. The maximum absolute atomic E-state index is 11.9. The van der Waals surface area contributed by atoms with E-state index in [4.69, 9.17) is 0 Å². The molecular formula is C11H23NO2S. The Balaban J connectivity index is 2.46. The normalized spacial score (nSPS) is 21.3. The molecule has 0 spiro atoms. The summed E-state index contributed by atoms with van der Waals surface area (Å²) < 4.78 is 23.7. The second kappa shape index (κ2) is 5.30. The number of rotatable bonds is 7. The molecule has 0 saturated heterocycles. The van der Waals surface area contributed by atoms with Crippen LogP contribution in [0, 0.1) is 11.8 Å². The Morgan fingerprint density at radius 1 is 1.33 bits per heavy atom. The van der Waals surface area contributed by atoms with E-state index in [0.29, 0.717) is 17.4 Å². The van der Waals surface area contributed by atoms with Crippen LogP contribution in [0.15, 0.2) is 0 Å². The van der Waals surface area contributed by atoms with Crippen molar-refractivity contribution in [2.45, 2.75) is 39.2 Å². The molecule has 4 heteroatoms. The van der Waals surface area contributed by atoms with E-state index in [2.05, 4.69) is 5.32 Å². The first kappa shape index (κ1) is 13.0. The van der Waals surface area contributed by atoms with E-state index in [9.17, 15) is 8.42 Å². The van der Waals surface area contributed by atoms with Crippen molar-refractivity contribution >= 4 is 9.84 Å². The Morgan fingerprint density at radius 2 is 1.93 bits per heavy atom. The molecule has 15 heavy (non-hydrogen) atoms. The minimum absolute atomic E-state index is 0.180. The Morgan fingerprint density at radius 3 is 2.33 bits per heavy atom. The van der Waals surface area contributed by atoms with Crippen LogP contribution in [0.2, 0.25) is 0 Å². The summed E-state index contributed by atoms with van der Waals surface area (Å²) in [6.07, 6.45) is 3.31. The lowest BCUT2D eigenvalue weighted by atomic mass is 10.2. The predicted octanol–water partition coefficient (Wildman–Crippen LogP) is 1.45. The molecule has 2 unspecified atom stereocenters. The molecule has 1 rings (SSSR count). The summed E-state index contributed by atoms with van der Waals surface area (Å²) in [5, 5.41) is 3.13. The quantitative estimate of drug-likeness (QED) is 0.724. The van der Waals surface area contributed by atoms with Crippen LogP contribution < -0.4 is 5.32 Å². The van der Waals surface area contributed by atoms with Crippen LogP contribution in [0.1, 0.15) is 33.1 Å². The predicted molar refractivity (Wildman–Crippen MR) is 63.7 cm³/mol. The highest BCUT2D eigenvalue weighted by Crippen LogP contribution is 2.33. The van der Waals surface area contributed by atoms with Crippen molar-refractivity contribution in [1.82, 2.24) is 5.32 Å². The van der Waals surface area contributed by atoms with Crippen molar-refractivity contribution in [3.63, 3.8) is 0 Å². The fourth-order valence-electron chi connectivity index (χ4n) is 1.85. The molecule has 0 aromatic rings. The zero-order valence-corrected chi connectivity index (χ0v) is 10.8. The first-order valence-corrected chi connectivity index (χ1v) is 7.68. The fourth-order valence-corrected chi connectivity index (χ4v) is 4.07. The summed E-state index contributed by atoms with van der Waals surface area (Å²) >= 11 is 0. The van der Waals surface area contributed by atoms with E-state index in [0.717, 1.165) is 6.42 Å². The highest BCUT2D eigenvalue weighted by molar-refractivity contribution is 7.91. The molecule has 1 fully saturated rings. The summed E-state index contributed by atoms with van der Waals surface area (Å²) in [4.78, 5) is 0. The standard InChI is InChI=1S/C11H23NO2S/c1-4-9(2)7-15(13,14)8-11(12-3)10-5-6-10/h9-12H,4-8H2,1-3H3. The van der Waals surface area contributed by atoms with Crippen molar-refractivity contribution in [3.8, 4) is 0 Å². The monoisotopic (exact) mass is 233 g/mol. The summed E-state index contributed by atoms with van der Waals surface area (Å²) in [5.74, 6) is 1.54. The smallest absolute Gasteiger partial charge is 0.152 e. The molecule has 0 aliphatic heterocycles. The lowest BCUT2D eigenvalue weighted by molar-refractivity contribution is 0.518. The second-order valence-corrected chi connectivity index (χ2v) is 6.98. The Bertz CT molecular complexity index is 283. The van der Waals surface area contributed by atoms with Crippen molar-refractivity contribution in [3.05, 3.63) is 0 Å². The van der Waals surface area contributed by atoms with Crippen molar-refractivity contribution in [1.29, 1.82) is 0 Å². The van der Waals surface area contributed by atoms with Gasteiger partial charge in [-0.3, -0.25) is 0 Å². The Hall–Kier alpha value is -0.0900. The zero-order valence-electron chi connectivity index (χ0n) is 9.99. The van der Waals surface area contributed by atoms with Gasteiger partial charge in [-0.25, -0.2) is 8.42 Å². The van der Waals surface area contributed by atoms with Gasteiger partial charge in [0.1, 0.15) is 0 Å². The number of nitrogens with one attached hydrogen (secondary N) is 1. The molecule has 3 nitrogen and oxygen atoms in total. The van der Waals surface area contributed by atoms with Gasteiger partial charge in [-0.15, -0.1) is 0 Å². The summed E-state index contributed by atoms with van der Waals surface area (Å²) in [6.45, 7) is 4.04. The number of hydrogen-bond donors (Lipinski definition) is 1. The first-order valence-electron chi connectivity index (χ1n) is 5.86. The molecule has 0 aromatic carbocycles. The molecule has 1 aliphatic carbocycles. The van der Waals surface area contributed by atoms with Crippen LogP contribution in [-0.2, 0) is 9.84 Å². The maximum atomic E-state index is 11.9. The number of sulfone groups is 1. The van der Waals surface area contributed by atoms with E-state index in [-0.39, 0.29) is 12.0 Å². The van der Waals surface area contributed by atoms with Gasteiger partial charge in [0.05, 0.1) is 11.5 Å². The van der Waals surface area contributed by atoms with E-state index in [1.807, 2.05) is 20.9 Å². The van der Waals surface area contributed by atoms with Gasteiger partial charge in [-0.05, 0) is 31.7 Å². The molecule has 1 saturated carbocycles. The lowest BCUT2D eigenvalue weighted by Gasteiger charge is -2.17. The minimum atomic E-state index is -2.87. The molecule has 0 radical (unpaired) electrons. The Kier molecular flexibility index (Phi) is 4.59. The van der Waals surface area contributed by atoms with Gasteiger partial charge in [-0.2, -0.15) is 0 Å². The third-order valence-electron chi connectivity index (χ3n) is 3.23. The molecule has 90 valence electrons. The third-order valence-corrected chi connectivity index (χ3v) is 5.17.